The molecule has 2 N–H and O–H groups in total. The van der Waals surface area contributed by atoms with Crippen LogP contribution in [0.1, 0.15) is 49.8 Å². The standard InChI is InChI=1S/C28H39F3N6O4S/c1-37(24-19-11-18(13-28(29,30)31)42-26(19)34-27(33-24)41-4)21-9-17(10-22(21)38)32-14-15-5-7-16(8-6-15)20-12-23(39-2)25(40-3)36-35-20/h11,15-17,20-22,32,38H,5-10,12-14H2,1-4H3/t15?,16?,17-,20?,21+,22-/m1/s1. The first-order valence-electron chi connectivity index (χ1n) is 14.4. The lowest BCUT2D eigenvalue weighted by molar-refractivity contribution is -0.126. The van der Waals surface area contributed by atoms with Crippen molar-refractivity contribution < 1.29 is 32.5 Å². The molecule has 3 heterocycles. The van der Waals surface area contributed by atoms with Gasteiger partial charge in [0, 0.05) is 24.4 Å². The summed E-state index contributed by atoms with van der Waals surface area (Å²) in [7, 11) is 6.46. The molecule has 2 aliphatic carbocycles. The second-order valence-corrected chi connectivity index (χ2v) is 12.6. The molecule has 0 amide bonds. The van der Waals surface area contributed by atoms with Gasteiger partial charge in [0.2, 0.25) is 0 Å². The van der Waals surface area contributed by atoms with Gasteiger partial charge >= 0.3 is 12.2 Å². The highest BCUT2D eigenvalue weighted by atomic mass is 32.1. The van der Waals surface area contributed by atoms with Gasteiger partial charge in [-0.3, -0.25) is 0 Å². The van der Waals surface area contributed by atoms with Crippen molar-refractivity contribution in [1.29, 1.82) is 0 Å². The Balaban J connectivity index is 1.16. The van der Waals surface area contributed by atoms with Crippen LogP contribution in [0.2, 0.25) is 0 Å². The summed E-state index contributed by atoms with van der Waals surface area (Å²) in [5, 5.41) is 23.9. The van der Waals surface area contributed by atoms with Crippen LogP contribution in [0.15, 0.2) is 27.9 Å². The Labute approximate surface area is 247 Å². The SMILES string of the molecule is COC1=C(OC)N=NC(C2CCC(CN[C@H]3C[C@@H](O)[C@@H](N(C)c4nc(OC)nc5sc(CC(F)(F)F)cc45)C3)CC2)C1. The molecule has 0 saturated heterocycles. The van der Waals surface area contributed by atoms with Crippen LogP contribution in [0.4, 0.5) is 19.0 Å². The van der Waals surface area contributed by atoms with Gasteiger partial charge in [-0.2, -0.15) is 28.3 Å². The van der Waals surface area contributed by atoms with Crippen LogP contribution in [0.5, 0.6) is 6.01 Å². The molecular weight excluding hydrogens is 573 g/mol. The molecule has 0 bridgehead atoms. The van der Waals surface area contributed by atoms with E-state index in [4.69, 9.17) is 14.2 Å². The first-order valence-corrected chi connectivity index (χ1v) is 15.2. The first kappa shape index (κ1) is 30.7. The summed E-state index contributed by atoms with van der Waals surface area (Å²) in [4.78, 5) is 11.2. The summed E-state index contributed by atoms with van der Waals surface area (Å²) in [5.74, 6) is 2.69. The molecule has 3 aliphatic rings. The van der Waals surface area contributed by atoms with E-state index >= 15 is 0 Å². The summed E-state index contributed by atoms with van der Waals surface area (Å²) in [6.07, 6.45) is 0.410. The lowest BCUT2D eigenvalue weighted by atomic mass is 9.77. The largest absolute Gasteiger partial charge is 0.495 e. The average Bonchev–Trinajstić information content (AvgIpc) is 3.55. The molecular formula is C28H39F3N6O4S. The Morgan fingerprint density at radius 3 is 2.50 bits per heavy atom. The molecule has 2 fully saturated rings. The molecule has 0 spiro atoms. The molecule has 1 aliphatic heterocycles. The zero-order chi connectivity index (χ0) is 30.0. The summed E-state index contributed by atoms with van der Waals surface area (Å²) in [5.41, 5.74) is 0. The van der Waals surface area contributed by atoms with E-state index in [0.29, 0.717) is 53.0 Å². The number of nitrogens with one attached hydrogen (secondary N) is 1. The fourth-order valence-electron chi connectivity index (χ4n) is 6.51. The molecule has 232 valence electrons. The van der Waals surface area contributed by atoms with Crippen molar-refractivity contribution in [3.63, 3.8) is 0 Å². The van der Waals surface area contributed by atoms with E-state index in [9.17, 15) is 18.3 Å². The number of ether oxygens (including phenoxy) is 3. The maximum absolute atomic E-state index is 13.1. The minimum Gasteiger partial charge on any atom is -0.495 e. The third-order valence-corrected chi connectivity index (χ3v) is 9.82. The Bertz CT molecular complexity index is 1300. The van der Waals surface area contributed by atoms with Gasteiger partial charge in [-0.1, -0.05) is 0 Å². The second kappa shape index (κ2) is 12.9. The van der Waals surface area contributed by atoms with Gasteiger partial charge in [-0.05, 0) is 63.0 Å². The number of aromatic nitrogens is 2. The van der Waals surface area contributed by atoms with Gasteiger partial charge in [0.15, 0.2) is 5.76 Å². The molecule has 14 heteroatoms. The molecule has 0 radical (unpaired) electrons. The van der Waals surface area contributed by atoms with Crippen molar-refractivity contribution in [2.75, 3.05) is 39.8 Å². The molecule has 2 saturated carbocycles. The number of aliphatic hydroxyl groups is 1. The highest BCUT2D eigenvalue weighted by Crippen LogP contribution is 2.39. The van der Waals surface area contributed by atoms with E-state index in [0.717, 1.165) is 49.3 Å². The summed E-state index contributed by atoms with van der Waals surface area (Å²) >= 11 is 0.987. The van der Waals surface area contributed by atoms with Crippen molar-refractivity contribution >= 4 is 27.4 Å². The van der Waals surface area contributed by atoms with Gasteiger partial charge in [0.25, 0.3) is 5.88 Å². The van der Waals surface area contributed by atoms with Gasteiger partial charge in [-0.25, -0.2) is 0 Å². The molecule has 1 unspecified atom stereocenters. The van der Waals surface area contributed by atoms with Crippen LogP contribution in [-0.4, -0.2) is 80.4 Å². The van der Waals surface area contributed by atoms with E-state index in [-0.39, 0.29) is 29.0 Å². The maximum Gasteiger partial charge on any atom is 0.393 e. The molecule has 42 heavy (non-hydrogen) atoms. The van der Waals surface area contributed by atoms with E-state index in [1.54, 1.807) is 14.2 Å². The minimum atomic E-state index is -4.32. The lowest BCUT2D eigenvalue weighted by Gasteiger charge is -2.33. The zero-order valence-corrected chi connectivity index (χ0v) is 25.2. The lowest BCUT2D eigenvalue weighted by Crippen LogP contribution is -2.39. The first-order chi connectivity index (χ1) is 20.1. The topological polar surface area (TPSA) is 114 Å². The Morgan fingerprint density at radius 1 is 1.07 bits per heavy atom. The highest BCUT2D eigenvalue weighted by Gasteiger charge is 2.38. The Hall–Kier alpha value is -2.71. The predicted molar refractivity (Wildman–Crippen MR) is 153 cm³/mol. The predicted octanol–water partition coefficient (Wildman–Crippen LogP) is 5.22. The van der Waals surface area contributed by atoms with Crippen LogP contribution in [-0.2, 0) is 15.9 Å². The maximum atomic E-state index is 13.1. The number of aliphatic hydroxyl groups excluding tert-OH is 1. The van der Waals surface area contributed by atoms with Crippen molar-refractivity contribution in [3.8, 4) is 6.01 Å². The smallest absolute Gasteiger partial charge is 0.393 e. The highest BCUT2D eigenvalue weighted by molar-refractivity contribution is 7.18. The van der Waals surface area contributed by atoms with Crippen LogP contribution in [0, 0.1) is 11.8 Å². The number of hydrogen-bond acceptors (Lipinski definition) is 11. The fourth-order valence-corrected chi connectivity index (χ4v) is 7.56. The monoisotopic (exact) mass is 612 g/mol. The van der Waals surface area contributed by atoms with E-state index in [1.807, 2.05) is 11.9 Å². The van der Waals surface area contributed by atoms with Crippen LogP contribution >= 0.6 is 11.3 Å². The second-order valence-electron chi connectivity index (χ2n) is 11.5. The van der Waals surface area contributed by atoms with Crippen LogP contribution < -0.4 is 15.0 Å². The average molecular weight is 613 g/mol. The third-order valence-electron chi connectivity index (χ3n) is 8.79. The number of nitrogens with zero attached hydrogens (tertiary/aromatic N) is 5. The van der Waals surface area contributed by atoms with Crippen LogP contribution in [0.3, 0.4) is 0 Å². The molecule has 2 aromatic heterocycles. The van der Waals surface area contributed by atoms with Crippen molar-refractivity contribution in [2.24, 2.45) is 22.1 Å². The Kier molecular flexibility index (Phi) is 9.43. The number of alkyl halides is 3. The normalized spacial score (nSPS) is 28.4. The number of methoxy groups -OCH3 is 3. The van der Waals surface area contributed by atoms with Gasteiger partial charge in [0.05, 0.1) is 51.3 Å². The zero-order valence-electron chi connectivity index (χ0n) is 24.4. The van der Waals surface area contributed by atoms with Crippen molar-refractivity contribution in [3.05, 3.63) is 22.6 Å². The number of halogens is 3. The molecule has 2 aromatic rings. The van der Waals surface area contributed by atoms with Crippen molar-refractivity contribution in [2.45, 2.75) is 81.8 Å². The van der Waals surface area contributed by atoms with Gasteiger partial charge in [0.1, 0.15) is 10.6 Å². The number of rotatable bonds is 10. The summed E-state index contributed by atoms with van der Waals surface area (Å²) in [6.45, 7) is 0.876. The molecule has 4 atom stereocenters. The molecule has 0 aromatic carbocycles. The minimum absolute atomic E-state index is 0.0887. The number of hydrogen-bond donors (Lipinski definition) is 2. The molecule has 5 rings (SSSR count). The van der Waals surface area contributed by atoms with Gasteiger partial charge < -0.3 is 29.5 Å². The molecule has 10 nitrogen and oxygen atoms in total. The Morgan fingerprint density at radius 2 is 1.83 bits per heavy atom. The van der Waals surface area contributed by atoms with Crippen LogP contribution in [0.25, 0.3) is 10.2 Å². The van der Waals surface area contributed by atoms with E-state index in [1.165, 1.54) is 13.2 Å². The number of thiophene rings is 1. The quantitative estimate of drug-likeness (QED) is 0.376. The van der Waals surface area contributed by atoms with Gasteiger partial charge in [-0.15, -0.1) is 16.5 Å². The summed E-state index contributed by atoms with van der Waals surface area (Å²) < 4.78 is 55.1. The summed E-state index contributed by atoms with van der Waals surface area (Å²) in [6, 6.07) is 1.59. The number of anilines is 1. The fraction of sp³-hybridized carbons (Fsp3) is 0.714. The van der Waals surface area contributed by atoms with E-state index in [2.05, 4.69) is 25.5 Å². The van der Waals surface area contributed by atoms with E-state index < -0.39 is 18.7 Å². The third kappa shape index (κ3) is 6.91. The number of fused-ring (bicyclic) bond motifs is 1. The number of likely N-dealkylation sites (N-methyl/N-ethyl adjacent to an activating group) is 1. The van der Waals surface area contributed by atoms with Crippen molar-refractivity contribution in [1.82, 2.24) is 15.3 Å². The number of azo groups is 1.